The number of allylic oxidation sites excluding steroid dienone is 3. The molecule has 2 aliphatic rings. The van der Waals surface area contributed by atoms with E-state index in [0.29, 0.717) is 5.84 Å². The molecule has 0 saturated carbocycles. The molecule has 35 heavy (non-hydrogen) atoms. The molecule has 6 rings (SSSR count). The van der Waals surface area contributed by atoms with E-state index in [1.807, 2.05) is 24.3 Å². The summed E-state index contributed by atoms with van der Waals surface area (Å²) in [6, 6.07) is 23.0. The van der Waals surface area contributed by atoms with Gasteiger partial charge in [0.15, 0.2) is 11.7 Å². The van der Waals surface area contributed by atoms with Gasteiger partial charge in [0.05, 0.1) is 0 Å². The molecule has 0 aliphatic heterocycles. The van der Waals surface area contributed by atoms with Crippen LogP contribution in [0.1, 0.15) is 35.6 Å². The number of hydrogen-bond donors (Lipinski definition) is 1. The highest BCUT2D eigenvalue weighted by atomic mass is 16.3. The second-order valence-corrected chi connectivity index (χ2v) is 8.98. The van der Waals surface area contributed by atoms with Crippen LogP contribution in [0.3, 0.4) is 0 Å². The third-order valence-corrected chi connectivity index (χ3v) is 6.79. The Morgan fingerprint density at radius 2 is 1.80 bits per heavy atom. The van der Waals surface area contributed by atoms with Crippen LogP contribution in [-0.2, 0) is 6.42 Å². The van der Waals surface area contributed by atoms with Crippen molar-refractivity contribution in [1.82, 2.24) is 0 Å². The second-order valence-electron chi connectivity index (χ2n) is 8.98. The zero-order valence-corrected chi connectivity index (χ0v) is 19.4. The summed E-state index contributed by atoms with van der Waals surface area (Å²) in [6.07, 6.45) is 11.1. The van der Waals surface area contributed by atoms with E-state index >= 15 is 0 Å². The number of aliphatic imine (C=N–C) groups is 2. The lowest BCUT2D eigenvalue weighted by Gasteiger charge is -2.21. The van der Waals surface area contributed by atoms with Crippen LogP contribution in [0.4, 0.5) is 0 Å². The number of benzene rings is 3. The minimum absolute atomic E-state index is 0.0761. The Bertz CT molecular complexity index is 1610. The molecule has 0 spiro atoms. The second kappa shape index (κ2) is 8.80. The minimum Gasteiger partial charge on any atom is -0.460 e. The normalized spacial score (nSPS) is 17.7. The van der Waals surface area contributed by atoms with Crippen molar-refractivity contribution in [3.8, 4) is 0 Å². The Labute approximate surface area is 204 Å². The molecule has 4 nitrogen and oxygen atoms in total. The highest BCUT2D eigenvalue weighted by Crippen LogP contribution is 2.41. The molecule has 4 aromatic rings. The summed E-state index contributed by atoms with van der Waals surface area (Å²) < 4.78 is 6.31. The fraction of sp³-hybridized carbons (Fsp3) is 0.129. The van der Waals surface area contributed by atoms with Gasteiger partial charge in [-0.1, -0.05) is 85.0 Å². The molecule has 3 aromatic carbocycles. The van der Waals surface area contributed by atoms with E-state index in [4.69, 9.17) is 9.83 Å². The maximum atomic E-state index is 9.03. The SMILES string of the molecule is C=NC(=NC(=N)C1=CC(c2ccc3ccccc3c2)Cc2oc3ccccc3c21)C1=CCCC=C1. The number of hydrogen-bond acceptors (Lipinski definition) is 2. The first-order chi connectivity index (χ1) is 17.2. The van der Waals surface area contributed by atoms with E-state index in [-0.39, 0.29) is 11.8 Å². The van der Waals surface area contributed by atoms with Crippen LogP contribution in [-0.4, -0.2) is 18.4 Å². The van der Waals surface area contributed by atoms with Crippen LogP contribution in [0.25, 0.3) is 27.3 Å². The van der Waals surface area contributed by atoms with E-state index in [1.165, 1.54) is 16.3 Å². The van der Waals surface area contributed by atoms with Gasteiger partial charge in [0.2, 0.25) is 0 Å². The number of nitrogens with one attached hydrogen (secondary N) is 1. The van der Waals surface area contributed by atoms with Gasteiger partial charge in [-0.05, 0) is 42.0 Å². The van der Waals surface area contributed by atoms with Gasteiger partial charge in [0.1, 0.15) is 11.3 Å². The molecule has 2 aliphatic carbocycles. The zero-order valence-electron chi connectivity index (χ0n) is 19.4. The quantitative estimate of drug-likeness (QED) is 0.250. The summed E-state index contributed by atoms with van der Waals surface area (Å²) in [5.41, 5.74) is 4.68. The van der Waals surface area contributed by atoms with Gasteiger partial charge >= 0.3 is 0 Å². The molecule has 170 valence electrons. The van der Waals surface area contributed by atoms with Gasteiger partial charge in [-0.15, -0.1) is 0 Å². The van der Waals surface area contributed by atoms with Crippen molar-refractivity contribution in [3.63, 3.8) is 0 Å². The summed E-state index contributed by atoms with van der Waals surface area (Å²) in [5, 5.41) is 12.5. The summed E-state index contributed by atoms with van der Waals surface area (Å²) >= 11 is 0. The van der Waals surface area contributed by atoms with Crippen LogP contribution in [0, 0.1) is 5.41 Å². The molecule has 0 radical (unpaired) electrons. The molecule has 1 heterocycles. The molecule has 0 saturated heterocycles. The van der Waals surface area contributed by atoms with E-state index < -0.39 is 0 Å². The molecule has 0 amide bonds. The first kappa shape index (κ1) is 21.2. The molecular weight excluding hydrogens is 430 g/mol. The topological polar surface area (TPSA) is 61.7 Å². The van der Waals surface area contributed by atoms with Gasteiger partial charge in [0, 0.05) is 34.4 Å². The van der Waals surface area contributed by atoms with Crippen molar-refractivity contribution in [3.05, 3.63) is 113 Å². The lowest BCUT2D eigenvalue weighted by molar-refractivity contribution is 0.532. The Kier molecular flexibility index (Phi) is 5.34. The molecule has 4 heteroatoms. The molecule has 0 bridgehead atoms. The van der Waals surface area contributed by atoms with Crippen LogP contribution in [0.2, 0.25) is 0 Å². The van der Waals surface area contributed by atoms with Crippen molar-refractivity contribution in [2.45, 2.75) is 25.2 Å². The smallest absolute Gasteiger partial charge is 0.160 e. The van der Waals surface area contributed by atoms with Crippen LogP contribution < -0.4 is 0 Å². The first-order valence-corrected chi connectivity index (χ1v) is 11.9. The van der Waals surface area contributed by atoms with E-state index in [9.17, 15) is 0 Å². The summed E-state index contributed by atoms with van der Waals surface area (Å²) in [5.74, 6) is 1.62. The number of fused-ring (bicyclic) bond motifs is 4. The lowest BCUT2D eigenvalue weighted by atomic mass is 9.83. The maximum Gasteiger partial charge on any atom is 0.160 e. The highest BCUT2D eigenvalue weighted by molar-refractivity contribution is 6.28. The van der Waals surface area contributed by atoms with Gasteiger partial charge in [-0.25, -0.2) is 9.98 Å². The Morgan fingerprint density at radius 1 is 0.971 bits per heavy atom. The van der Waals surface area contributed by atoms with Crippen molar-refractivity contribution >= 4 is 45.7 Å². The molecular formula is C31H25N3O. The molecule has 1 N–H and O–H groups in total. The highest BCUT2D eigenvalue weighted by Gasteiger charge is 2.29. The number of para-hydroxylation sites is 1. The predicted octanol–water partition coefficient (Wildman–Crippen LogP) is 7.66. The number of rotatable bonds is 3. The van der Waals surface area contributed by atoms with Crippen molar-refractivity contribution < 1.29 is 4.42 Å². The average molecular weight is 456 g/mol. The molecule has 1 atom stereocenters. The van der Waals surface area contributed by atoms with Gasteiger partial charge < -0.3 is 4.42 Å². The minimum atomic E-state index is 0.0761. The maximum absolute atomic E-state index is 9.03. The average Bonchev–Trinajstić information content (AvgIpc) is 3.30. The fourth-order valence-corrected chi connectivity index (χ4v) is 5.06. The van der Waals surface area contributed by atoms with Crippen molar-refractivity contribution in [2.75, 3.05) is 0 Å². The number of furan rings is 1. The van der Waals surface area contributed by atoms with Crippen LogP contribution >= 0.6 is 0 Å². The molecule has 0 fully saturated rings. The van der Waals surface area contributed by atoms with Crippen LogP contribution in [0.5, 0.6) is 0 Å². The standard InChI is InChI=1S/C31H25N3O/c1-33-31(21-10-3-2-4-11-21)34-30(32)26-18-24(23-16-15-20-9-5-6-12-22(20)17-23)19-28-29(26)25-13-7-8-14-27(25)35-28/h3,5-18,24,32H,1-2,4,19H2. The van der Waals surface area contributed by atoms with E-state index in [1.54, 1.807) is 0 Å². The number of amidine groups is 2. The summed E-state index contributed by atoms with van der Waals surface area (Å²) in [4.78, 5) is 8.80. The summed E-state index contributed by atoms with van der Waals surface area (Å²) in [7, 11) is 0. The van der Waals surface area contributed by atoms with Crippen LogP contribution in [0.15, 0.2) is 111 Å². The lowest BCUT2D eigenvalue weighted by Crippen LogP contribution is -2.13. The Morgan fingerprint density at radius 3 is 2.63 bits per heavy atom. The third kappa shape index (κ3) is 3.87. The van der Waals surface area contributed by atoms with Gasteiger partial charge in [0.25, 0.3) is 0 Å². The summed E-state index contributed by atoms with van der Waals surface area (Å²) in [6.45, 7) is 3.72. The van der Waals surface area contributed by atoms with E-state index in [2.05, 4.69) is 83.5 Å². The van der Waals surface area contributed by atoms with Crippen molar-refractivity contribution in [2.24, 2.45) is 9.98 Å². The van der Waals surface area contributed by atoms with Gasteiger partial charge in [-0.2, -0.15) is 0 Å². The van der Waals surface area contributed by atoms with Crippen molar-refractivity contribution in [1.29, 1.82) is 5.41 Å². The largest absolute Gasteiger partial charge is 0.460 e. The molecule has 1 aromatic heterocycles. The Balaban J connectivity index is 1.48. The van der Waals surface area contributed by atoms with E-state index in [0.717, 1.165) is 52.7 Å². The third-order valence-electron chi connectivity index (χ3n) is 6.79. The monoisotopic (exact) mass is 455 g/mol. The fourth-order valence-electron chi connectivity index (χ4n) is 5.06. The zero-order chi connectivity index (χ0) is 23.8. The Hall–Kier alpha value is -4.31. The van der Waals surface area contributed by atoms with Gasteiger partial charge in [-0.3, -0.25) is 5.41 Å². The first-order valence-electron chi connectivity index (χ1n) is 11.9. The predicted molar refractivity (Wildman–Crippen MR) is 146 cm³/mol. The molecule has 1 unspecified atom stereocenters. The number of nitrogens with zero attached hydrogens (tertiary/aromatic N) is 2.